The van der Waals surface area contributed by atoms with E-state index in [1.807, 2.05) is 13.8 Å². The maximum atomic E-state index is 12.8. The number of ether oxygens (including phenoxy) is 2. The highest BCUT2D eigenvalue weighted by Crippen LogP contribution is 2.13. The minimum Gasteiger partial charge on any atom is -0.460 e. The van der Waals surface area contributed by atoms with Crippen molar-refractivity contribution >= 4 is 18.0 Å². The van der Waals surface area contributed by atoms with Crippen molar-refractivity contribution in [2.24, 2.45) is 5.92 Å². The monoisotopic (exact) mass is 400 g/mol. The molecule has 0 aliphatic rings. The van der Waals surface area contributed by atoms with Crippen molar-refractivity contribution in [2.45, 2.75) is 111 Å². The van der Waals surface area contributed by atoms with E-state index in [1.54, 1.807) is 41.5 Å². The lowest BCUT2D eigenvalue weighted by atomic mass is 9.98. The SMILES string of the molecule is CCC[C@@H](NC(=O)[C@H](CCC(=O)OC(C)(C)C)NC(=O)OC(C)(C)C)C(C)C. The van der Waals surface area contributed by atoms with Crippen LogP contribution in [0.4, 0.5) is 4.79 Å². The van der Waals surface area contributed by atoms with E-state index < -0.39 is 29.3 Å². The summed E-state index contributed by atoms with van der Waals surface area (Å²) in [7, 11) is 0. The molecule has 0 bridgehead atoms. The van der Waals surface area contributed by atoms with Gasteiger partial charge in [0.1, 0.15) is 17.2 Å². The number of nitrogens with one attached hydrogen (secondary N) is 2. The van der Waals surface area contributed by atoms with E-state index >= 15 is 0 Å². The summed E-state index contributed by atoms with van der Waals surface area (Å²) in [5.41, 5.74) is -1.28. The fourth-order valence-corrected chi connectivity index (χ4v) is 2.54. The molecule has 2 amide bonds. The van der Waals surface area contributed by atoms with Gasteiger partial charge in [0.15, 0.2) is 0 Å². The zero-order valence-corrected chi connectivity index (χ0v) is 19.1. The summed E-state index contributed by atoms with van der Waals surface area (Å²) in [5.74, 6) is -0.469. The number of alkyl carbamates (subject to hydrolysis) is 1. The highest BCUT2D eigenvalue weighted by Gasteiger charge is 2.28. The lowest BCUT2D eigenvalue weighted by molar-refractivity contribution is -0.155. The van der Waals surface area contributed by atoms with Crippen molar-refractivity contribution in [1.29, 1.82) is 0 Å². The Labute approximate surface area is 170 Å². The van der Waals surface area contributed by atoms with Crippen LogP contribution in [0.3, 0.4) is 0 Å². The van der Waals surface area contributed by atoms with E-state index in [-0.39, 0.29) is 30.7 Å². The molecule has 164 valence electrons. The van der Waals surface area contributed by atoms with Gasteiger partial charge in [-0.2, -0.15) is 0 Å². The van der Waals surface area contributed by atoms with Gasteiger partial charge in [0.25, 0.3) is 0 Å². The molecular formula is C21H40N2O5. The second-order valence-corrected chi connectivity index (χ2v) is 9.47. The number of amides is 2. The summed E-state index contributed by atoms with van der Waals surface area (Å²) in [6.07, 6.45) is 1.25. The molecule has 0 aromatic carbocycles. The van der Waals surface area contributed by atoms with Gasteiger partial charge in [0.2, 0.25) is 5.91 Å². The molecule has 2 atom stereocenters. The zero-order valence-electron chi connectivity index (χ0n) is 19.1. The third kappa shape index (κ3) is 12.6. The lowest BCUT2D eigenvalue weighted by Gasteiger charge is -2.27. The quantitative estimate of drug-likeness (QED) is 0.572. The standard InChI is InChI=1S/C21H40N2O5/c1-10-11-15(14(2)3)22-18(25)16(23-19(26)28-21(7,8)9)12-13-17(24)27-20(4,5)6/h14-16H,10-13H2,1-9H3,(H,22,25)(H,23,26)/t15-,16+/m1/s1. The Morgan fingerprint density at radius 1 is 0.857 bits per heavy atom. The predicted molar refractivity (Wildman–Crippen MR) is 110 cm³/mol. The summed E-state index contributed by atoms with van der Waals surface area (Å²) < 4.78 is 10.6. The maximum Gasteiger partial charge on any atom is 0.408 e. The van der Waals surface area contributed by atoms with E-state index in [0.717, 1.165) is 12.8 Å². The van der Waals surface area contributed by atoms with Crippen molar-refractivity contribution in [2.75, 3.05) is 0 Å². The topological polar surface area (TPSA) is 93.7 Å². The first kappa shape index (κ1) is 26.2. The lowest BCUT2D eigenvalue weighted by Crippen LogP contribution is -2.51. The third-order valence-electron chi connectivity index (χ3n) is 3.80. The molecule has 0 aromatic rings. The summed E-state index contributed by atoms with van der Waals surface area (Å²) in [6, 6.07) is -0.873. The van der Waals surface area contributed by atoms with Crippen LogP contribution in [0.25, 0.3) is 0 Å². The number of hydrogen-bond donors (Lipinski definition) is 2. The molecule has 0 spiro atoms. The predicted octanol–water partition coefficient (Wildman–Crippen LogP) is 3.94. The Kier molecular flexibility index (Phi) is 10.5. The number of rotatable bonds is 9. The van der Waals surface area contributed by atoms with Crippen LogP contribution in [0.5, 0.6) is 0 Å². The van der Waals surface area contributed by atoms with E-state index in [9.17, 15) is 14.4 Å². The molecule has 0 saturated heterocycles. The molecule has 0 aliphatic carbocycles. The third-order valence-corrected chi connectivity index (χ3v) is 3.80. The first-order chi connectivity index (χ1) is 12.6. The van der Waals surface area contributed by atoms with E-state index in [4.69, 9.17) is 9.47 Å². The van der Waals surface area contributed by atoms with Gasteiger partial charge in [-0.05, 0) is 60.3 Å². The van der Waals surface area contributed by atoms with Crippen LogP contribution in [0.1, 0.15) is 88.0 Å². The number of esters is 1. The second kappa shape index (κ2) is 11.3. The molecule has 2 N–H and O–H groups in total. The average molecular weight is 401 g/mol. The second-order valence-electron chi connectivity index (χ2n) is 9.47. The first-order valence-electron chi connectivity index (χ1n) is 10.2. The van der Waals surface area contributed by atoms with Gasteiger partial charge in [0, 0.05) is 12.5 Å². The Bertz CT molecular complexity index is 518. The van der Waals surface area contributed by atoms with Crippen molar-refractivity contribution in [3.63, 3.8) is 0 Å². The summed E-state index contributed by atoms with van der Waals surface area (Å²) >= 11 is 0. The maximum absolute atomic E-state index is 12.8. The van der Waals surface area contributed by atoms with Crippen molar-refractivity contribution in [1.82, 2.24) is 10.6 Å². The van der Waals surface area contributed by atoms with Gasteiger partial charge in [-0.3, -0.25) is 9.59 Å². The molecule has 28 heavy (non-hydrogen) atoms. The smallest absolute Gasteiger partial charge is 0.408 e. The van der Waals surface area contributed by atoms with Crippen LogP contribution in [0.15, 0.2) is 0 Å². The van der Waals surface area contributed by atoms with Crippen LogP contribution in [0, 0.1) is 5.92 Å². The Morgan fingerprint density at radius 3 is 1.82 bits per heavy atom. The molecule has 0 heterocycles. The van der Waals surface area contributed by atoms with Gasteiger partial charge in [-0.15, -0.1) is 0 Å². The average Bonchev–Trinajstić information content (AvgIpc) is 2.47. The number of carbonyl (C=O) groups is 3. The molecule has 0 radical (unpaired) electrons. The fourth-order valence-electron chi connectivity index (χ4n) is 2.54. The van der Waals surface area contributed by atoms with Gasteiger partial charge >= 0.3 is 12.1 Å². The minimum atomic E-state index is -0.875. The van der Waals surface area contributed by atoms with Crippen LogP contribution in [-0.4, -0.2) is 41.3 Å². The Balaban J connectivity index is 5.12. The van der Waals surface area contributed by atoms with Crippen LogP contribution >= 0.6 is 0 Å². The van der Waals surface area contributed by atoms with Crippen LogP contribution in [0.2, 0.25) is 0 Å². The minimum absolute atomic E-state index is 0.00182. The van der Waals surface area contributed by atoms with Crippen molar-refractivity contribution in [3.05, 3.63) is 0 Å². The largest absolute Gasteiger partial charge is 0.460 e. The zero-order chi connectivity index (χ0) is 22.1. The number of carbonyl (C=O) groups excluding carboxylic acids is 3. The first-order valence-corrected chi connectivity index (χ1v) is 10.2. The molecule has 0 unspecified atom stereocenters. The van der Waals surface area contributed by atoms with Gasteiger partial charge in [0.05, 0.1) is 0 Å². The van der Waals surface area contributed by atoms with Gasteiger partial charge < -0.3 is 20.1 Å². The molecular weight excluding hydrogens is 360 g/mol. The Hall–Kier alpha value is -1.79. The molecule has 7 nitrogen and oxygen atoms in total. The van der Waals surface area contributed by atoms with Crippen molar-refractivity contribution in [3.8, 4) is 0 Å². The molecule has 0 aliphatic heterocycles. The van der Waals surface area contributed by atoms with Crippen LogP contribution < -0.4 is 10.6 Å². The van der Waals surface area contributed by atoms with E-state index in [1.165, 1.54) is 0 Å². The van der Waals surface area contributed by atoms with Crippen molar-refractivity contribution < 1.29 is 23.9 Å². The highest BCUT2D eigenvalue weighted by atomic mass is 16.6. The molecule has 0 saturated carbocycles. The summed E-state index contributed by atoms with van der Waals surface area (Å²) in [5, 5.41) is 5.59. The van der Waals surface area contributed by atoms with E-state index in [0.29, 0.717) is 0 Å². The highest BCUT2D eigenvalue weighted by molar-refractivity contribution is 5.86. The van der Waals surface area contributed by atoms with E-state index in [2.05, 4.69) is 17.6 Å². The number of hydrogen-bond acceptors (Lipinski definition) is 5. The normalized spacial score (nSPS) is 14.2. The Morgan fingerprint density at radius 2 is 1.39 bits per heavy atom. The van der Waals surface area contributed by atoms with Crippen LogP contribution in [-0.2, 0) is 19.1 Å². The summed E-state index contributed by atoms with van der Waals surface area (Å²) in [6.45, 7) is 16.7. The van der Waals surface area contributed by atoms with Gasteiger partial charge in [-0.25, -0.2) is 4.79 Å². The molecule has 0 fully saturated rings. The molecule has 0 rings (SSSR count). The molecule has 0 aromatic heterocycles. The molecule has 7 heteroatoms. The van der Waals surface area contributed by atoms with Gasteiger partial charge in [-0.1, -0.05) is 27.2 Å². The summed E-state index contributed by atoms with van der Waals surface area (Å²) in [4.78, 5) is 37.0. The fraction of sp³-hybridized carbons (Fsp3) is 0.857.